The fraction of sp³-hybridized carbons (Fsp3) is 0.467. The smallest absolute Gasteiger partial charge is 0.238 e. The number of anilines is 1. The third-order valence-electron chi connectivity index (χ3n) is 3.54. The second-order valence-corrected chi connectivity index (χ2v) is 5.22. The molecule has 102 valence electrons. The highest BCUT2D eigenvalue weighted by Crippen LogP contribution is 2.14. The number of carbonyl (C=O) groups excluding carboxylic acids is 2. The standard InChI is InChI=1S/C15H20N2O2/c1-11-5-3-4-6-13(11)16-15(19)10-17-8-7-14(18)12(2)9-17/h3-6,12H,7-10H2,1-2H3,(H,16,19). The molecule has 0 saturated carbocycles. The van der Waals surface area contributed by atoms with Crippen LogP contribution in [0.4, 0.5) is 5.69 Å². The third kappa shape index (κ3) is 3.64. The maximum absolute atomic E-state index is 12.0. The number of benzene rings is 1. The van der Waals surface area contributed by atoms with Crippen molar-refractivity contribution in [1.29, 1.82) is 0 Å². The van der Waals surface area contributed by atoms with Crippen molar-refractivity contribution in [2.75, 3.05) is 25.0 Å². The van der Waals surface area contributed by atoms with Gasteiger partial charge in [-0.2, -0.15) is 0 Å². The highest BCUT2D eigenvalue weighted by Gasteiger charge is 2.24. The molecule has 1 heterocycles. The van der Waals surface area contributed by atoms with Gasteiger partial charge in [0, 0.05) is 31.1 Å². The van der Waals surface area contributed by atoms with Crippen molar-refractivity contribution in [3.8, 4) is 0 Å². The number of hydrogen-bond donors (Lipinski definition) is 1. The van der Waals surface area contributed by atoms with Crippen LogP contribution in [-0.2, 0) is 9.59 Å². The van der Waals surface area contributed by atoms with Gasteiger partial charge in [0.05, 0.1) is 6.54 Å². The van der Waals surface area contributed by atoms with Gasteiger partial charge in [0.25, 0.3) is 0 Å². The van der Waals surface area contributed by atoms with E-state index in [0.717, 1.165) is 11.3 Å². The number of nitrogens with zero attached hydrogens (tertiary/aromatic N) is 1. The van der Waals surface area contributed by atoms with Gasteiger partial charge in [0.1, 0.15) is 5.78 Å². The van der Waals surface area contributed by atoms with Crippen LogP contribution in [0.15, 0.2) is 24.3 Å². The first kappa shape index (κ1) is 13.7. The van der Waals surface area contributed by atoms with Crippen molar-refractivity contribution in [2.45, 2.75) is 20.3 Å². The lowest BCUT2D eigenvalue weighted by Gasteiger charge is -2.29. The second kappa shape index (κ2) is 5.97. The summed E-state index contributed by atoms with van der Waals surface area (Å²) in [5, 5.41) is 2.92. The van der Waals surface area contributed by atoms with Crippen molar-refractivity contribution in [2.24, 2.45) is 5.92 Å². The molecule has 1 aliphatic heterocycles. The van der Waals surface area contributed by atoms with E-state index in [0.29, 0.717) is 31.8 Å². The Kier molecular flexibility index (Phi) is 4.32. The lowest BCUT2D eigenvalue weighted by Crippen LogP contribution is -2.43. The normalized spacial score (nSPS) is 20.3. The molecule has 19 heavy (non-hydrogen) atoms. The second-order valence-electron chi connectivity index (χ2n) is 5.22. The van der Waals surface area contributed by atoms with Crippen LogP contribution >= 0.6 is 0 Å². The zero-order valence-electron chi connectivity index (χ0n) is 11.5. The van der Waals surface area contributed by atoms with E-state index in [9.17, 15) is 9.59 Å². The summed E-state index contributed by atoms with van der Waals surface area (Å²) in [6, 6.07) is 7.72. The van der Waals surface area contributed by atoms with Crippen LogP contribution in [0.1, 0.15) is 18.9 Å². The molecule has 0 aromatic heterocycles. The molecule has 0 spiro atoms. The summed E-state index contributed by atoms with van der Waals surface area (Å²) < 4.78 is 0. The first-order valence-corrected chi connectivity index (χ1v) is 6.67. The summed E-state index contributed by atoms with van der Waals surface area (Å²) in [6.45, 7) is 5.61. The number of Topliss-reactive ketones (excluding diaryl/α,β-unsaturated/α-hetero) is 1. The Bertz CT molecular complexity index is 485. The summed E-state index contributed by atoms with van der Waals surface area (Å²) in [5.41, 5.74) is 1.91. The molecule has 2 rings (SSSR count). The maximum Gasteiger partial charge on any atom is 0.238 e. The van der Waals surface area contributed by atoms with Crippen LogP contribution < -0.4 is 5.32 Å². The summed E-state index contributed by atoms with van der Waals surface area (Å²) in [5.74, 6) is 0.325. The summed E-state index contributed by atoms with van der Waals surface area (Å²) >= 11 is 0. The number of aryl methyl sites for hydroxylation is 1. The van der Waals surface area contributed by atoms with Crippen LogP contribution in [0.3, 0.4) is 0 Å². The largest absolute Gasteiger partial charge is 0.325 e. The van der Waals surface area contributed by atoms with Gasteiger partial charge in [-0.3, -0.25) is 14.5 Å². The zero-order valence-corrected chi connectivity index (χ0v) is 11.5. The molecule has 1 amide bonds. The molecule has 1 aliphatic rings. The van der Waals surface area contributed by atoms with Crippen molar-refractivity contribution in [3.63, 3.8) is 0 Å². The van der Waals surface area contributed by atoms with Crippen molar-refractivity contribution >= 4 is 17.4 Å². The molecule has 0 radical (unpaired) electrons. The Morgan fingerprint density at radius 2 is 2.16 bits per heavy atom. The van der Waals surface area contributed by atoms with E-state index in [1.165, 1.54) is 0 Å². The van der Waals surface area contributed by atoms with Gasteiger partial charge in [0.15, 0.2) is 0 Å². The number of likely N-dealkylation sites (tertiary alicyclic amines) is 1. The van der Waals surface area contributed by atoms with Crippen LogP contribution in [0, 0.1) is 12.8 Å². The number of carbonyl (C=O) groups is 2. The SMILES string of the molecule is Cc1ccccc1NC(=O)CN1CCC(=O)C(C)C1. The van der Waals surface area contributed by atoms with E-state index < -0.39 is 0 Å². The molecule has 1 N–H and O–H groups in total. The van der Waals surface area contributed by atoms with Crippen molar-refractivity contribution < 1.29 is 9.59 Å². The van der Waals surface area contributed by atoms with E-state index in [1.54, 1.807) is 0 Å². The number of ketones is 1. The molecular weight excluding hydrogens is 240 g/mol. The molecule has 1 aromatic carbocycles. The number of nitrogens with one attached hydrogen (secondary N) is 1. The highest BCUT2D eigenvalue weighted by atomic mass is 16.2. The fourth-order valence-corrected chi connectivity index (χ4v) is 2.34. The van der Waals surface area contributed by atoms with Crippen LogP contribution in [0.25, 0.3) is 0 Å². The zero-order chi connectivity index (χ0) is 13.8. The van der Waals surface area contributed by atoms with Crippen molar-refractivity contribution in [1.82, 2.24) is 4.90 Å². The average Bonchev–Trinajstić information content (AvgIpc) is 2.37. The number of hydrogen-bond acceptors (Lipinski definition) is 3. The molecule has 1 atom stereocenters. The Morgan fingerprint density at radius 1 is 1.42 bits per heavy atom. The predicted molar refractivity (Wildman–Crippen MR) is 75.0 cm³/mol. The fourth-order valence-electron chi connectivity index (χ4n) is 2.34. The summed E-state index contributed by atoms with van der Waals surface area (Å²) in [4.78, 5) is 25.5. The van der Waals surface area contributed by atoms with Gasteiger partial charge >= 0.3 is 0 Å². The molecule has 1 aromatic rings. The van der Waals surface area contributed by atoms with Gasteiger partial charge in [-0.1, -0.05) is 25.1 Å². The van der Waals surface area contributed by atoms with Crippen LogP contribution in [0.2, 0.25) is 0 Å². The maximum atomic E-state index is 12.0. The summed E-state index contributed by atoms with van der Waals surface area (Å²) in [6.07, 6.45) is 0.554. The lowest BCUT2D eigenvalue weighted by atomic mass is 9.99. The summed E-state index contributed by atoms with van der Waals surface area (Å²) in [7, 11) is 0. The van der Waals surface area contributed by atoms with Crippen LogP contribution in [0.5, 0.6) is 0 Å². The molecule has 1 fully saturated rings. The number of para-hydroxylation sites is 1. The van der Waals surface area contributed by atoms with E-state index in [-0.39, 0.29) is 11.8 Å². The molecule has 1 unspecified atom stereocenters. The average molecular weight is 260 g/mol. The van der Waals surface area contributed by atoms with Gasteiger partial charge in [-0.05, 0) is 18.6 Å². The van der Waals surface area contributed by atoms with Gasteiger partial charge in [0.2, 0.25) is 5.91 Å². The monoisotopic (exact) mass is 260 g/mol. The molecule has 4 heteroatoms. The van der Waals surface area contributed by atoms with Gasteiger partial charge in [-0.25, -0.2) is 0 Å². The molecule has 4 nitrogen and oxygen atoms in total. The van der Waals surface area contributed by atoms with Crippen molar-refractivity contribution in [3.05, 3.63) is 29.8 Å². The van der Waals surface area contributed by atoms with E-state index in [1.807, 2.05) is 43.0 Å². The Hall–Kier alpha value is -1.68. The highest BCUT2D eigenvalue weighted by molar-refractivity contribution is 5.93. The minimum atomic E-state index is -0.0177. The molecule has 0 aliphatic carbocycles. The number of rotatable bonds is 3. The minimum absolute atomic E-state index is 0.0177. The molecular formula is C15H20N2O2. The Morgan fingerprint density at radius 3 is 2.84 bits per heavy atom. The first-order chi connectivity index (χ1) is 9.06. The number of amides is 1. The van der Waals surface area contributed by atoms with Gasteiger partial charge in [-0.15, -0.1) is 0 Å². The predicted octanol–water partition coefficient (Wildman–Crippen LogP) is 1.84. The third-order valence-corrected chi connectivity index (χ3v) is 3.54. The molecule has 1 saturated heterocycles. The van der Waals surface area contributed by atoms with Crippen LogP contribution in [-0.4, -0.2) is 36.2 Å². The van der Waals surface area contributed by atoms with E-state index in [4.69, 9.17) is 0 Å². The lowest BCUT2D eigenvalue weighted by molar-refractivity contribution is -0.127. The quantitative estimate of drug-likeness (QED) is 0.902. The van der Waals surface area contributed by atoms with Gasteiger partial charge < -0.3 is 5.32 Å². The molecule has 0 bridgehead atoms. The van der Waals surface area contributed by atoms with E-state index in [2.05, 4.69) is 5.32 Å². The topological polar surface area (TPSA) is 49.4 Å². The minimum Gasteiger partial charge on any atom is -0.325 e. The first-order valence-electron chi connectivity index (χ1n) is 6.67. The Balaban J connectivity index is 1.88. The Labute approximate surface area is 113 Å². The number of piperidine rings is 1. The van der Waals surface area contributed by atoms with E-state index >= 15 is 0 Å².